The number of rotatable bonds is 2. The van der Waals surface area contributed by atoms with Crippen LogP contribution in [-0.2, 0) is 4.79 Å². The molecule has 0 aliphatic carbocycles. The van der Waals surface area contributed by atoms with Crippen LogP contribution in [0.3, 0.4) is 0 Å². The van der Waals surface area contributed by atoms with Crippen molar-refractivity contribution in [2.45, 2.75) is 6.92 Å². The number of benzene rings is 2. The number of aryl methyl sites for hydroxylation is 1. The summed E-state index contributed by atoms with van der Waals surface area (Å²) < 4.78 is 0. The van der Waals surface area contributed by atoms with Crippen LogP contribution in [-0.4, -0.2) is 16.8 Å². The first-order valence-electron chi connectivity index (χ1n) is 8.32. The second-order valence-electron chi connectivity index (χ2n) is 6.17. The summed E-state index contributed by atoms with van der Waals surface area (Å²) in [6.45, 7) is 1.93. The van der Waals surface area contributed by atoms with E-state index in [4.69, 9.17) is 0 Å². The molecule has 1 aliphatic rings. The van der Waals surface area contributed by atoms with Crippen molar-refractivity contribution in [3.8, 4) is 0 Å². The molecule has 0 atom stereocenters. The molecule has 0 saturated heterocycles. The number of carbonyl (C=O) groups excluding carboxylic acids is 2. The van der Waals surface area contributed by atoms with Crippen molar-refractivity contribution in [1.82, 2.24) is 4.98 Å². The summed E-state index contributed by atoms with van der Waals surface area (Å²) in [4.78, 5) is 31.5. The van der Waals surface area contributed by atoms with Gasteiger partial charge in [0.15, 0.2) is 0 Å². The molecule has 0 unspecified atom stereocenters. The van der Waals surface area contributed by atoms with E-state index in [1.165, 1.54) is 4.90 Å². The largest absolute Gasteiger partial charge is 0.268 e. The van der Waals surface area contributed by atoms with E-state index in [2.05, 4.69) is 4.98 Å². The Labute approximate surface area is 151 Å². The van der Waals surface area contributed by atoms with Crippen LogP contribution in [0, 0.1) is 6.92 Å². The molecule has 0 bridgehead atoms. The van der Waals surface area contributed by atoms with Crippen molar-refractivity contribution in [2.75, 3.05) is 4.90 Å². The highest BCUT2D eigenvalue weighted by Crippen LogP contribution is 2.33. The zero-order valence-electron chi connectivity index (χ0n) is 14.2. The molecule has 4 heteroatoms. The number of anilines is 1. The Hall–Kier alpha value is -3.53. The Bertz CT molecular complexity index is 1040. The number of hydrogen-bond acceptors (Lipinski definition) is 3. The third-order valence-corrected chi connectivity index (χ3v) is 4.36. The molecule has 0 N–H and O–H groups in total. The van der Waals surface area contributed by atoms with Gasteiger partial charge in [-0.3, -0.25) is 14.6 Å². The van der Waals surface area contributed by atoms with Gasteiger partial charge in [0.1, 0.15) is 0 Å². The quantitative estimate of drug-likeness (QED) is 0.521. The van der Waals surface area contributed by atoms with E-state index in [9.17, 15) is 9.59 Å². The van der Waals surface area contributed by atoms with E-state index in [0.29, 0.717) is 22.4 Å². The highest BCUT2D eigenvalue weighted by molar-refractivity contribution is 6.43. The summed E-state index contributed by atoms with van der Waals surface area (Å²) >= 11 is 0. The van der Waals surface area contributed by atoms with Crippen molar-refractivity contribution >= 4 is 29.2 Å². The van der Waals surface area contributed by atoms with Gasteiger partial charge >= 0.3 is 0 Å². The maximum absolute atomic E-state index is 13.2. The van der Waals surface area contributed by atoms with E-state index in [-0.39, 0.29) is 11.8 Å². The number of pyridine rings is 1. The van der Waals surface area contributed by atoms with E-state index in [0.717, 1.165) is 11.1 Å². The Morgan fingerprint density at radius 3 is 2.31 bits per heavy atom. The molecule has 26 heavy (non-hydrogen) atoms. The van der Waals surface area contributed by atoms with Gasteiger partial charge in [-0.25, -0.2) is 4.90 Å². The lowest BCUT2D eigenvalue weighted by Crippen LogP contribution is -2.41. The lowest BCUT2D eigenvalue weighted by molar-refractivity contribution is -0.112. The van der Waals surface area contributed by atoms with E-state index in [1.54, 1.807) is 30.6 Å². The van der Waals surface area contributed by atoms with Crippen LogP contribution in [0.1, 0.15) is 27.0 Å². The summed E-state index contributed by atoms with van der Waals surface area (Å²) in [5.74, 6) is -0.626. The molecule has 0 spiro atoms. The summed E-state index contributed by atoms with van der Waals surface area (Å²) in [6.07, 6.45) is 5.15. The van der Waals surface area contributed by atoms with Gasteiger partial charge in [0, 0.05) is 23.5 Å². The molecular formula is C22H16N2O2. The number of imide groups is 1. The van der Waals surface area contributed by atoms with Gasteiger partial charge < -0.3 is 0 Å². The fraction of sp³-hybridized carbons (Fsp3) is 0.0455. The average molecular weight is 340 g/mol. The number of carbonyl (C=O) groups is 2. The first-order chi connectivity index (χ1) is 12.6. The molecule has 3 aromatic rings. The minimum absolute atomic E-state index is 0.303. The molecule has 2 aromatic carbocycles. The van der Waals surface area contributed by atoms with Gasteiger partial charge in [0.2, 0.25) is 0 Å². The molecule has 0 radical (unpaired) electrons. The molecule has 4 nitrogen and oxygen atoms in total. The number of aromatic nitrogens is 1. The fourth-order valence-electron chi connectivity index (χ4n) is 3.12. The minimum atomic E-state index is -0.323. The van der Waals surface area contributed by atoms with Crippen molar-refractivity contribution in [3.63, 3.8) is 0 Å². The molecule has 4 rings (SSSR count). The number of fused-ring (bicyclic) bond motifs is 1. The highest BCUT2D eigenvalue weighted by Gasteiger charge is 2.35. The monoisotopic (exact) mass is 340 g/mol. The van der Waals surface area contributed by atoms with E-state index >= 15 is 0 Å². The van der Waals surface area contributed by atoms with Crippen molar-refractivity contribution in [3.05, 3.63) is 95.3 Å². The first kappa shape index (κ1) is 16.0. The van der Waals surface area contributed by atoms with Gasteiger partial charge in [-0.15, -0.1) is 0 Å². The van der Waals surface area contributed by atoms with Crippen molar-refractivity contribution < 1.29 is 9.59 Å². The van der Waals surface area contributed by atoms with Crippen LogP contribution in [0.15, 0.2) is 73.1 Å². The Morgan fingerprint density at radius 1 is 0.846 bits per heavy atom. The Morgan fingerprint density at radius 2 is 1.58 bits per heavy atom. The molecular weight excluding hydrogens is 324 g/mol. The summed E-state index contributed by atoms with van der Waals surface area (Å²) in [5.41, 5.74) is 4.10. The van der Waals surface area contributed by atoms with Crippen LogP contribution in [0.4, 0.5) is 5.69 Å². The highest BCUT2D eigenvalue weighted by atomic mass is 16.2. The van der Waals surface area contributed by atoms with Crippen LogP contribution < -0.4 is 4.90 Å². The maximum atomic E-state index is 13.2. The average Bonchev–Trinajstić information content (AvgIpc) is 2.66. The maximum Gasteiger partial charge on any atom is 0.265 e. The summed E-state index contributed by atoms with van der Waals surface area (Å²) in [7, 11) is 0. The molecule has 0 fully saturated rings. The van der Waals surface area contributed by atoms with Crippen molar-refractivity contribution in [1.29, 1.82) is 0 Å². The number of hydrogen-bond donors (Lipinski definition) is 0. The third-order valence-electron chi connectivity index (χ3n) is 4.36. The first-order valence-corrected chi connectivity index (χ1v) is 8.32. The SMILES string of the molecule is Cc1cccc(N2C(=O)/C(=C\c3ccncc3)c3ccccc3C2=O)c1. The van der Waals surface area contributed by atoms with Gasteiger partial charge in [-0.2, -0.15) is 0 Å². The molecule has 1 aliphatic heterocycles. The van der Waals surface area contributed by atoms with Gasteiger partial charge in [0.25, 0.3) is 11.8 Å². The van der Waals surface area contributed by atoms with Crippen LogP contribution in [0.25, 0.3) is 11.6 Å². The summed E-state index contributed by atoms with van der Waals surface area (Å²) in [5, 5.41) is 0. The number of amides is 2. The second kappa shape index (κ2) is 6.41. The topological polar surface area (TPSA) is 50.3 Å². The molecule has 1 aromatic heterocycles. The molecule has 2 amide bonds. The lowest BCUT2D eigenvalue weighted by atomic mass is 9.91. The van der Waals surface area contributed by atoms with Crippen LogP contribution >= 0.6 is 0 Å². The fourth-order valence-corrected chi connectivity index (χ4v) is 3.12. The smallest absolute Gasteiger partial charge is 0.265 e. The van der Waals surface area contributed by atoms with Crippen LogP contribution in [0.2, 0.25) is 0 Å². The Balaban J connectivity index is 1.91. The van der Waals surface area contributed by atoms with E-state index < -0.39 is 0 Å². The van der Waals surface area contributed by atoms with Crippen molar-refractivity contribution in [2.24, 2.45) is 0 Å². The number of nitrogens with zero attached hydrogens (tertiary/aromatic N) is 2. The third kappa shape index (κ3) is 2.71. The lowest BCUT2D eigenvalue weighted by Gasteiger charge is -2.29. The molecule has 0 saturated carbocycles. The standard InChI is InChI=1S/C22H16N2O2/c1-15-5-4-6-17(13-15)24-21(25)19-8-3-2-7-18(19)20(22(24)26)14-16-9-11-23-12-10-16/h2-14H,1H3/b20-14-. The minimum Gasteiger partial charge on any atom is -0.268 e. The van der Waals surface area contributed by atoms with E-state index in [1.807, 2.05) is 55.5 Å². The molecule has 2 heterocycles. The predicted molar refractivity (Wildman–Crippen MR) is 102 cm³/mol. The molecule has 126 valence electrons. The zero-order chi connectivity index (χ0) is 18.1. The van der Waals surface area contributed by atoms with Gasteiger partial charge in [-0.05, 0) is 60.0 Å². The van der Waals surface area contributed by atoms with Gasteiger partial charge in [-0.1, -0.05) is 30.3 Å². The Kier molecular flexibility index (Phi) is 3.93. The normalized spacial score (nSPS) is 15.3. The van der Waals surface area contributed by atoms with Gasteiger partial charge in [0.05, 0.1) is 5.69 Å². The van der Waals surface area contributed by atoms with Crippen LogP contribution in [0.5, 0.6) is 0 Å². The second-order valence-corrected chi connectivity index (χ2v) is 6.17. The zero-order valence-corrected chi connectivity index (χ0v) is 14.2. The summed E-state index contributed by atoms with van der Waals surface area (Å²) in [6, 6.07) is 18.3. The predicted octanol–water partition coefficient (Wildman–Crippen LogP) is 4.12.